The Hall–Kier alpha value is -3.54. The van der Waals surface area contributed by atoms with Gasteiger partial charge in [0, 0.05) is 18.4 Å². The second-order valence-corrected chi connectivity index (χ2v) is 6.73. The largest absolute Gasteiger partial charge is 0.493 e. The number of nitrogens with one attached hydrogen (secondary N) is 2. The molecule has 0 atom stereocenters. The van der Waals surface area contributed by atoms with Crippen molar-refractivity contribution < 1.29 is 14.3 Å². The second kappa shape index (κ2) is 9.10. The van der Waals surface area contributed by atoms with Crippen LogP contribution in [0, 0.1) is 13.8 Å². The maximum Gasteiger partial charge on any atom is 0.253 e. The number of pyridine rings is 1. The monoisotopic (exact) mass is 391 g/mol. The van der Waals surface area contributed by atoms with E-state index >= 15 is 0 Å². The van der Waals surface area contributed by atoms with Crippen molar-refractivity contribution in [2.24, 2.45) is 0 Å². The van der Waals surface area contributed by atoms with Crippen molar-refractivity contribution in [3.63, 3.8) is 0 Å². The average molecular weight is 391 g/mol. The highest BCUT2D eigenvalue weighted by Gasteiger charge is 2.10. The summed E-state index contributed by atoms with van der Waals surface area (Å²) in [4.78, 5) is 16.8. The van der Waals surface area contributed by atoms with Crippen molar-refractivity contribution >= 4 is 17.3 Å². The van der Waals surface area contributed by atoms with Gasteiger partial charge in [0.05, 0.1) is 31.7 Å². The SMILES string of the molecule is COc1ccc(CNC(=O)c2cncc(Nc3c(C)cccc3C)c2)cc1OC. The van der Waals surface area contributed by atoms with Crippen LogP contribution in [0.3, 0.4) is 0 Å². The quantitative estimate of drug-likeness (QED) is 0.625. The Morgan fingerprint density at radius 3 is 2.38 bits per heavy atom. The van der Waals surface area contributed by atoms with Gasteiger partial charge in [0.15, 0.2) is 11.5 Å². The lowest BCUT2D eigenvalue weighted by Crippen LogP contribution is -2.23. The first-order chi connectivity index (χ1) is 14.0. The summed E-state index contributed by atoms with van der Waals surface area (Å²) in [7, 11) is 3.17. The molecule has 0 radical (unpaired) electrons. The zero-order valence-corrected chi connectivity index (χ0v) is 17.1. The van der Waals surface area contributed by atoms with Crippen LogP contribution >= 0.6 is 0 Å². The Balaban J connectivity index is 1.70. The van der Waals surface area contributed by atoms with Crippen LogP contribution < -0.4 is 20.1 Å². The van der Waals surface area contributed by atoms with Gasteiger partial charge in [0.25, 0.3) is 5.91 Å². The summed E-state index contributed by atoms with van der Waals surface area (Å²) in [5, 5.41) is 6.28. The molecule has 6 heteroatoms. The van der Waals surface area contributed by atoms with E-state index < -0.39 is 0 Å². The van der Waals surface area contributed by atoms with Gasteiger partial charge in [-0.25, -0.2) is 0 Å². The molecule has 0 unspecified atom stereocenters. The molecular weight excluding hydrogens is 366 g/mol. The molecule has 150 valence electrons. The van der Waals surface area contributed by atoms with Gasteiger partial charge < -0.3 is 20.1 Å². The van der Waals surface area contributed by atoms with Crippen LogP contribution in [0.4, 0.5) is 11.4 Å². The number of para-hydroxylation sites is 1. The molecule has 0 saturated carbocycles. The molecule has 6 nitrogen and oxygen atoms in total. The van der Waals surface area contributed by atoms with E-state index in [-0.39, 0.29) is 5.91 Å². The highest BCUT2D eigenvalue weighted by Crippen LogP contribution is 2.27. The third-order valence-electron chi connectivity index (χ3n) is 4.65. The Bertz CT molecular complexity index is 998. The van der Waals surface area contributed by atoms with E-state index in [1.54, 1.807) is 32.7 Å². The van der Waals surface area contributed by atoms with E-state index in [9.17, 15) is 4.79 Å². The van der Waals surface area contributed by atoms with E-state index in [1.165, 1.54) is 0 Å². The zero-order valence-electron chi connectivity index (χ0n) is 17.1. The molecular formula is C23H25N3O3. The van der Waals surface area contributed by atoms with Crippen molar-refractivity contribution in [2.45, 2.75) is 20.4 Å². The van der Waals surface area contributed by atoms with Crippen LogP contribution in [0.25, 0.3) is 0 Å². The minimum atomic E-state index is -0.197. The van der Waals surface area contributed by atoms with Gasteiger partial charge in [0.2, 0.25) is 0 Å². The second-order valence-electron chi connectivity index (χ2n) is 6.73. The molecule has 3 rings (SSSR count). The van der Waals surface area contributed by atoms with Gasteiger partial charge in [0.1, 0.15) is 0 Å². The molecule has 0 spiro atoms. The number of anilines is 2. The Morgan fingerprint density at radius 1 is 0.966 bits per heavy atom. The minimum absolute atomic E-state index is 0.197. The highest BCUT2D eigenvalue weighted by molar-refractivity contribution is 5.94. The van der Waals surface area contributed by atoms with E-state index in [4.69, 9.17) is 9.47 Å². The molecule has 3 aromatic rings. The van der Waals surface area contributed by atoms with Crippen LogP contribution in [0.15, 0.2) is 54.9 Å². The maximum absolute atomic E-state index is 12.6. The number of carbonyl (C=O) groups is 1. The zero-order chi connectivity index (χ0) is 20.8. The van der Waals surface area contributed by atoms with Gasteiger partial charge >= 0.3 is 0 Å². The van der Waals surface area contributed by atoms with Gasteiger partial charge in [-0.05, 0) is 48.7 Å². The molecule has 0 saturated heterocycles. The summed E-state index contributed by atoms with van der Waals surface area (Å²) in [5.74, 6) is 1.08. The number of hydrogen-bond donors (Lipinski definition) is 2. The summed E-state index contributed by atoms with van der Waals surface area (Å²) in [5.41, 5.74) is 5.45. The van der Waals surface area contributed by atoms with Crippen LogP contribution in [0.1, 0.15) is 27.0 Å². The highest BCUT2D eigenvalue weighted by atomic mass is 16.5. The number of carbonyl (C=O) groups excluding carboxylic acids is 1. The number of hydrogen-bond acceptors (Lipinski definition) is 5. The molecule has 29 heavy (non-hydrogen) atoms. The van der Waals surface area contributed by atoms with Crippen LogP contribution in [-0.2, 0) is 6.54 Å². The van der Waals surface area contributed by atoms with Gasteiger partial charge in [-0.15, -0.1) is 0 Å². The molecule has 1 amide bonds. The average Bonchev–Trinajstić information content (AvgIpc) is 2.74. The van der Waals surface area contributed by atoms with Gasteiger partial charge in [-0.2, -0.15) is 0 Å². The number of aromatic nitrogens is 1. The number of rotatable bonds is 7. The van der Waals surface area contributed by atoms with Crippen LogP contribution in [0.5, 0.6) is 11.5 Å². The summed E-state index contributed by atoms with van der Waals surface area (Å²) in [6.45, 7) is 4.46. The van der Waals surface area contributed by atoms with Gasteiger partial charge in [-0.3, -0.25) is 9.78 Å². The minimum Gasteiger partial charge on any atom is -0.493 e. The van der Waals surface area contributed by atoms with Crippen molar-refractivity contribution in [2.75, 3.05) is 19.5 Å². The first-order valence-electron chi connectivity index (χ1n) is 9.29. The lowest BCUT2D eigenvalue weighted by molar-refractivity contribution is 0.0950. The fraction of sp³-hybridized carbons (Fsp3) is 0.217. The van der Waals surface area contributed by atoms with Crippen molar-refractivity contribution in [1.82, 2.24) is 10.3 Å². The lowest BCUT2D eigenvalue weighted by Gasteiger charge is -2.13. The molecule has 2 N–H and O–H groups in total. The Morgan fingerprint density at radius 2 is 1.69 bits per heavy atom. The van der Waals surface area contributed by atoms with Crippen LogP contribution in [-0.4, -0.2) is 25.1 Å². The molecule has 0 bridgehead atoms. The smallest absolute Gasteiger partial charge is 0.253 e. The third-order valence-corrected chi connectivity index (χ3v) is 4.65. The molecule has 0 aliphatic carbocycles. The number of methoxy groups -OCH3 is 2. The Kier molecular flexibility index (Phi) is 6.34. The topological polar surface area (TPSA) is 72.5 Å². The van der Waals surface area contributed by atoms with E-state index in [0.717, 1.165) is 28.1 Å². The molecule has 0 fully saturated rings. The van der Waals surface area contributed by atoms with Gasteiger partial charge in [-0.1, -0.05) is 24.3 Å². The lowest BCUT2D eigenvalue weighted by atomic mass is 10.1. The van der Waals surface area contributed by atoms with E-state index in [2.05, 4.69) is 15.6 Å². The van der Waals surface area contributed by atoms with Crippen molar-refractivity contribution in [3.05, 3.63) is 77.1 Å². The number of benzene rings is 2. The normalized spacial score (nSPS) is 10.3. The standard InChI is InChI=1S/C23H25N3O3/c1-15-6-5-7-16(2)22(15)26-19-11-18(13-24-14-19)23(27)25-12-17-8-9-20(28-3)21(10-17)29-4/h5-11,13-14,26H,12H2,1-4H3,(H,25,27). The number of aryl methyl sites for hydroxylation is 2. The molecule has 0 aliphatic heterocycles. The summed E-state index contributed by atoms with van der Waals surface area (Å²) >= 11 is 0. The van der Waals surface area contributed by atoms with Crippen LogP contribution in [0.2, 0.25) is 0 Å². The summed E-state index contributed by atoms with van der Waals surface area (Å²) in [6, 6.07) is 13.5. The predicted molar refractivity (Wildman–Crippen MR) is 114 cm³/mol. The first kappa shape index (κ1) is 20.2. The molecule has 1 heterocycles. The molecule has 1 aromatic heterocycles. The third kappa shape index (κ3) is 4.85. The maximum atomic E-state index is 12.6. The number of amides is 1. The fourth-order valence-electron chi connectivity index (χ4n) is 3.06. The summed E-state index contributed by atoms with van der Waals surface area (Å²) < 4.78 is 10.5. The van der Waals surface area contributed by atoms with Crippen molar-refractivity contribution in [1.29, 1.82) is 0 Å². The van der Waals surface area contributed by atoms with E-state index in [1.807, 2.05) is 50.2 Å². The molecule has 2 aromatic carbocycles. The summed E-state index contributed by atoms with van der Waals surface area (Å²) in [6.07, 6.45) is 3.26. The molecule has 0 aliphatic rings. The van der Waals surface area contributed by atoms with Crippen molar-refractivity contribution in [3.8, 4) is 11.5 Å². The van der Waals surface area contributed by atoms with E-state index in [0.29, 0.717) is 23.6 Å². The number of nitrogens with zero attached hydrogens (tertiary/aromatic N) is 1. The Labute approximate surface area is 170 Å². The number of ether oxygens (including phenoxy) is 2. The first-order valence-corrected chi connectivity index (χ1v) is 9.29. The predicted octanol–water partition coefficient (Wildman–Crippen LogP) is 4.39. The fourth-order valence-corrected chi connectivity index (χ4v) is 3.06.